The summed E-state index contributed by atoms with van der Waals surface area (Å²) in [4.78, 5) is 28.7. The van der Waals surface area contributed by atoms with Gasteiger partial charge in [0.15, 0.2) is 0 Å². The molecule has 9 heteroatoms. The molecule has 1 aromatic carbocycles. The second kappa shape index (κ2) is 10.3. The van der Waals surface area contributed by atoms with Crippen molar-refractivity contribution in [3.8, 4) is 0 Å². The fraction of sp³-hybridized carbons (Fsp3) is 0.619. The minimum atomic E-state index is -4.29. The molecule has 1 N–H and O–H groups in total. The minimum Gasteiger partial charge on any atom is -0.372 e. The van der Waals surface area contributed by atoms with E-state index in [0.29, 0.717) is 50.3 Å². The first-order chi connectivity index (χ1) is 13.9. The average Bonchev–Trinajstić information content (AvgIpc) is 2.65. The predicted molar refractivity (Wildman–Crippen MR) is 107 cm³/mol. The third kappa shape index (κ3) is 8.31. The van der Waals surface area contributed by atoms with Gasteiger partial charge in [-0.3, -0.25) is 14.5 Å². The summed E-state index contributed by atoms with van der Waals surface area (Å²) in [6.45, 7) is 7.61. The third-order valence-corrected chi connectivity index (χ3v) is 4.57. The Balaban J connectivity index is 1.75. The zero-order chi connectivity index (χ0) is 22.4. The number of piperazine rings is 1. The summed E-state index contributed by atoms with van der Waals surface area (Å²) in [7, 11) is 0. The van der Waals surface area contributed by atoms with Crippen LogP contribution in [0.3, 0.4) is 0 Å². The van der Waals surface area contributed by atoms with Gasteiger partial charge in [-0.15, -0.1) is 0 Å². The minimum absolute atomic E-state index is 0.0633. The SMILES string of the molecule is CC(C)(C)NC(=O)c1ccc(C(=O)N2CCN(CCCOCC(F)(F)F)CC2)cc1. The number of ether oxygens (including phenoxy) is 1. The van der Waals surface area contributed by atoms with Gasteiger partial charge in [0.05, 0.1) is 0 Å². The van der Waals surface area contributed by atoms with Crippen molar-refractivity contribution in [2.24, 2.45) is 0 Å². The summed E-state index contributed by atoms with van der Waals surface area (Å²) in [5, 5.41) is 2.88. The molecule has 0 aliphatic carbocycles. The van der Waals surface area contributed by atoms with Crippen molar-refractivity contribution in [3.63, 3.8) is 0 Å². The van der Waals surface area contributed by atoms with Crippen molar-refractivity contribution in [2.75, 3.05) is 45.9 Å². The Morgan fingerprint density at radius 3 is 2.10 bits per heavy atom. The number of rotatable bonds is 7. The Hall–Kier alpha value is -2.13. The largest absolute Gasteiger partial charge is 0.411 e. The van der Waals surface area contributed by atoms with E-state index < -0.39 is 12.8 Å². The molecule has 1 aliphatic heterocycles. The first-order valence-corrected chi connectivity index (χ1v) is 10.0. The van der Waals surface area contributed by atoms with E-state index in [4.69, 9.17) is 0 Å². The van der Waals surface area contributed by atoms with Crippen LogP contribution in [0.4, 0.5) is 13.2 Å². The van der Waals surface area contributed by atoms with E-state index in [9.17, 15) is 22.8 Å². The van der Waals surface area contributed by atoms with E-state index in [1.165, 1.54) is 0 Å². The molecule has 0 saturated carbocycles. The van der Waals surface area contributed by atoms with Crippen LogP contribution in [0.5, 0.6) is 0 Å². The lowest BCUT2D eigenvalue weighted by Crippen LogP contribution is -2.49. The molecule has 0 radical (unpaired) electrons. The number of carbonyl (C=O) groups is 2. The van der Waals surface area contributed by atoms with Gasteiger partial charge in [-0.2, -0.15) is 13.2 Å². The molecule has 2 amide bonds. The number of hydrogen-bond donors (Lipinski definition) is 1. The highest BCUT2D eigenvalue weighted by Gasteiger charge is 2.27. The molecule has 1 fully saturated rings. The fourth-order valence-corrected chi connectivity index (χ4v) is 3.11. The average molecular weight is 429 g/mol. The van der Waals surface area contributed by atoms with Crippen LogP contribution >= 0.6 is 0 Å². The van der Waals surface area contributed by atoms with Crippen LogP contribution in [-0.2, 0) is 4.74 Å². The standard InChI is InChI=1S/C21H30F3N3O3/c1-20(2,3)25-18(28)16-5-7-17(8-6-16)19(29)27-12-10-26(11-13-27)9-4-14-30-15-21(22,23)24/h5-8H,4,9-15H2,1-3H3,(H,25,28). The van der Waals surface area contributed by atoms with E-state index in [-0.39, 0.29) is 24.0 Å². The van der Waals surface area contributed by atoms with Crippen molar-refractivity contribution in [1.82, 2.24) is 15.1 Å². The topological polar surface area (TPSA) is 61.9 Å². The van der Waals surface area contributed by atoms with E-state index in [2.05, 4.69) is 15.0 Å². The normalized spacial score (nSPS) is 15.9. The highest BCUT2D eigenvalue weighted by Crippen LogP contribution is 2.15. The van der Waals surface area contributed by atoms with Crippen LogP contribution in [0.2, 0.25) is 0 Å². The lowest BCUT2D eigenvalue weighted by molar-refractivity contribution is -0.174. The van der Waals surface area contributed by atoms with Gasteiger partial charge in [-0.05, 0) is 51.5 Å². The molecule has 30 heavy (non-hydrogen) atoms. The van der Waals surface area contributed by atoms with Crippen LogP contribution in [0.1, 0.15) is 47.9 Å². The number of nitrogens with zero attached hydrogens (tertiary/aromatic N) is 2. The summed E-state index contributed by atoms with van der Waals surface area (Å²) in [5.74, 6) is -0.278. The molecule has 1 aliphatic rings. The zero-order valence-corrected chi connectivity index (χ0v) is 17.7. The van der Waals surface area contributed by atoms with E-state index in [1.807, 2.05) is 20.8 Å². The first kappa shape index (κ1) is 24.1. The van der Waals surface area contributed by atoms with Crippen molar-refractivity contribution in [3.05, 3.63) is 35.4 Å². The lowest BCUT2D eigenvalue weighted by atomic mass is 10.1. The van der Waals surface area contributed by atoms with Crippen molar-refractivity contribution < 1.29 is 27.5 Å². The Kier molecular flexibility index (Phi) is 8.25. The molecule has 0 atom stereocenters. The van der Waals surface area contributed by atoms with Gasteiger partial charge in [0.1, 0.15) is 6.61 Å². The van der Waals surface area contributed by atoms with E-state index in [0.717, 1.165) is 0 Å². The number of alkyl halides is 3. The van der Waals surface area contributed by atoms with Gasteiger partial charge in [-0.25, -0.2) is 0 Å². The third-order valence-electron chi connectivity index (χ3n) is 4.57. The molecule has 168 valence electrons. The Morgan fingerprint density at radius 2 is 1.57 bits per heavy atom. The zero-order valence-electron chi connectivity index (χ0n) is 17.7. The molecule has 1 heterocycles. The van der Waals surface area contributed by atoms with Crippen LogP contribution < -0.4 is 5.32 Å². The maximum atomic E-state index is 12.7. The molecule has 1 saturated heterocycles. The number of benzene rings is 1. The van der Waals surface area contributed by atoms with Gasteiger partial charge in [0.2, 0.25) is 0 Å². The quantitative estimate of drug-likeness (QED) is 0.677. The van der Waals surface area contributed by atoms with Crippen LogP contribution in [0.15, 0.2) is 24.3 Å². The van der Waals surface area contributed by atoms with Crippen LogP contribution in [0.25, 0.3) is 0 Å². The Morgan fingerprint density at radius 1 is 1.00 bits per heavy atom. The molecular weight excluding hydrogens is 399 g/mol. The summed E-state index contributed by atoms with van der Waals surface area (Å²) in [6.07, 6.45) is -3.78. The van der Waals surface area contributed by atoms with Crippen molar-refractivity contribution in [1.29, 1.82) is 0 Å². The summed E-state index contributed by atoms with van der Waals surface area (Å²) >= 11 is 0. The molecule has 6 nitrogen and oxygen atoms in total. The molecule has 0 aromatic heterocycles. The number of carbonyl (C=O) groups excluding carboxylic acids is 2. The predicted octanol–water partition coefficient (Wildman–Crippen LogP) is 2.94. The maximum Gasteiger partial charge on any atom is 0.411 e. The number of halogens is 3. The van der Waals surface area contributed by atoms with Gasteiger partial charge in [-0.1, -0.05) is 0 Å². The fourth-order valence-electron chi connectivity index (χ4n) is 3.11. The number of hydrogen-bond acceptors (Lipinski definition) is 4. The van der Waals surface area contributed by atoms with Gasteiger partial charge < -0.3 is 15.0 Å². The van der Waals surface area contributed by atoms with Crippen molar-refractivity contribution in [2.45, 2.75) is 38.9 Å². The number of nitrogens with one attached hydrogen (secondary N) is 1. The van der Waals surface area contributed by atoms with Crippen LogP contribution in [-0.4, -0.2) is 79.3 Å². The van der Waals surface area contributed by atoms with Gasteiger partial charge in [0, 0.05) is 56.0 Å². The highest BCUT2D eigenvalue weighted by atomic mass is 19.4. The molecule has 0 spiro atoms. The maximum absolute atomic E-state index is 12.7. The monoisotopic (exact) mass is 429 g/mol. The van der Waals surface area contributed by atoms with Crippen molar-refractivity contribution >= 4 is 11.8 Å². The second-order valence-electron chi connectivity index (χ2n) is 8.44. The van der Waals surface area contributed by atoms with E-state index in [1.54, 1.807) is 29.2 Å². The summed E-state index contributed by atoms with van der Waals surface area (Å²) < 4.78 is 40.7. The summed E-state index contributed by atoms with van der Waals surface area (Å²) in [5.41, 5.74) is 0.686. The molecule has 0 unspecified atom stereocenters. The Labute approximate surface area is 175 Å². The molecular formula is C21H30F3N3O3. The smallest absolute Gasteiger partial charge is 0.372 e. The van der Waals surface area contributed by atoms with Gasteiger partial charge in [0.25, 0.3) is 11.8 Å². The molecule has 1 aromatic rings. The van der Waals surface area contributed by atoms with Gasteiger partial charge >= 0.3 is 6.18 Å². The van der Waals surface area contributed by atoms with E-state index >= 15 is 0 Å². The summed E-state index contributed by atoms with van der Waals surface area (Å²) in [6, 6.07) is 6.60. The molecule has 0 bridgehead atoms. The Bertz CT molecular complexity index is 707. The number of amides is 2. The molecule has 2 rings (SSSR count). The van der Waals surface area contributed by atoms with Crippen LogP contribution in [0, 0.1) is 0 Å². The second-order valence-corrected chi connectivity index (χ2v) is 8.44. The highest BCUT2D eigenvalue weighted by molar-refractivity contribution is 5.98. The lowest BCUT2D eigenvalue weighted by Gasteiger charge is -2.34. The first-order valence-electron chi connectivity index (χ1n) is 10.0.